The molecule has 1 amide bonds. The molecule has 3 nitrogen and oxygen atoms in total. The molecule has 5 heteroatoms. The van der Waals surface area contributed by atoms with Gasteiger partial charge in [-0.3, -0.25) is 4.79 Å². The fourth-order valence-corrected chi connectivity index (χ4v) is 3.66. The Labute approximate surface area is 150 Å². The van der Waals surface area contributed by atoms with Crippen LogP contribution in [-0.2, 0) is 4.79 Å². The van der Waals surface area contributed by atoms with Crippen molar-refractivity contribution >= 4 is 30.1 Å². The monoisotopic (exact) mass is 356 g/mol. The minimum atomic E-state index is 0. The largest absolute Gasteiger partial charge is 0.355 e. The molecule has 130 valence electrons. The van der Waals surface area contributed by atoms with E-state index in [1.807, 2.05) is 0 Å². The highest BCUT2D eigenvalue weighted by atomic mass is 35.5. The Bertz CT molecular complexity index is 461. The predicted octanol–water partition coefficient (Wildman–Crippen LogP) is 3.65. The Balaban J connectivity index is 0.00000264. The average molecular weight is 357 g/mol. The lowest BCUT2D eigenvalue weighted by molar-refractivity contribution is -0.122. The Morgan fingerprint density at radius 3 is 2.78 bits per heavy atom. The Morgan fingerprint density at radius 1 is 1.39 bits per heavy atom. The number of thioether (sulfide) groups is 1. The zero-order valence-electron chi connectivity index (χ0n) is 14.1. The van der Waals surface area contributed by atoms with Crippen LogP contribution in [0.15, 0.2) is 29.2 Å². The number of rotatable bonds is 7. The average Bonchev–Trinajstić information content (AvgIpc) is 2.54. The van der Waals surface area contributed by atoms with Crippen molar-refractivity contribution < 1.29 is 4.79 Å². The van der Waals surface area contributed by atoms with Gasteiger partial charge in [0.05, 0.1) is 0 Å². The van der Waals surface area contributed by atoms with Gasteiger partial charge in [-0.1, -0.05) is 24.6 Å². The van der Waals surface area contributed by atoms with Crippen molar-refractivity contribution in [3.63, 3.8) is 0 Å². The van der Waals surface area contributed by atoms with E-state index in [9.17, 15) is 4.79 Å². The molecule has 1 heterocycles. The number of amides is 1. The summed E-state index contributed by atoms with van der Waals surface area (Å²) in [6.07, 6.45) is 3.15. The second-order valence-corrected chi connectivity index (χ2v) is 7.47. The maximum atomic E-state index is 12.0. The van der Waals surface area contributed by atoms with Gasteiger partial charge < -0.3 is 10.6 Å². The lowest BCUT2D eigenvalue weighted by Crippen LogP contribution is -2.36. The van der Waals surface area contributed by atoms with E-state index in [2.05, 4.69) is 48.7 Å². The number of carbonyl (C=O) groups excluding carboxylic acids is 1. The molecule has 1 aliphatic heterocycles. The van der Waals surface area contributed by atoms with E-state index in [0.717, 1.165) is 25.4 Å². The molecule has 1 saturated heterocycles. The zero-order valence-corrected chi connectivity index (χ0v) is 15.8. The van der Waals surface area contributed by atoms with Gasteiger partial charge in [-0.15, -0.1) is 24.2 Å². The zero-order chi connectivity index (χ0) is 15.8. The molecule has 2 rings (SSSR count). The Kier molecular flexibility index (Phi) is 9.68. The number of hydrogen-bond donors (Lipinski definition) is 2. The smallest absolute Gasteiger partial charge is 0.220 e. The van der Waals surface area contributed by atoms with Gasteiger partial charge in [0.1, 0.15) is 0 Å². The molecule has 0 spiro atoms. The van der Waals surface area contributed by atoms with E-state index in [1.54, 1.807) is 11.8 Å². The lowest BCUT2D eigenvalue weighted by Gasteiger charge is -2.28. The first-order chi connectivity index (χ1) is 10.6. The molecular weight excluding hydrogens is 328 g/mol. The van der Waals surface area contributed by atoms with Crippen LogP contribution in [-0.4, -0.2) is 31.3 Å². The molecule has 1 aromatic carbocycles. The lowest BCUT2D eigenvalue weighted by atomic mass is 9.85. The van der Waals surface area contributed by atoms with Crippen LogP contribution in [0, 0.1) is 18.8 Å². The number of piperidine rings is 1. The fourth-order valence-electron chi connectivity index (χ4n) is 2.89. The van der Waals surface area contributed by atoms with Crippen LogP contribution in [0.2, 0.25) is 0 Å². The summed E-state index contributed by atoms with van der Waals surface area (Å²) in [5, 5.41) is 6.48. The van der Waals surface area contributed by atoms with E-state index >= 15 is 0 Å². The highest BCUT2D eigenvalue weighted by Crippen LogP contribution is 2.22. The molecule has 0 aromatic heterocycles. The van der Waals surface area contributed by atoms with Crippen molar-refractivity contribution in [2.24, 2.45) is 11.8 Å². The number of aryl methyl sites for hydroxylation is 1. The van der Waals surface area contributed by atoms with Gasteiger partial charge in [0.15, 0.2) is 0 Å². The quantitative estimate of drug-likeness (QED) is 0.578. The van der Waals surface area contributed by atoms with Gasteiger partial charge in [0.2, 0.25) is 5.91 Å². The van der Waals surface area contributed by atoms with Gasteiger partial charge in [-0.2, -0.15) is 0 Å². The summed E-state index contributed by atoms with van der Waals surface area (Å²) < 4.78 is 0. The SMILES string of the molecule is Cc1ccc(SCCNC(=O)CC(C)C2CCCNC2)cc1.Cl. The number of carbonyl (C=O) groups is 1. The van der Waals surface area contributed by atoms with Gasteiger partial charge in [-0.05, 0) is 56.8 Å². The summed E-state index contributed by atoms with van der Waals surface area (Å²) in [7, 11) is 0. The molecule has 0 radical (unpaired) electrons. The van der Waals surface area contributed by atoms with E-state index in [0.29, 0.717) is 18.3 Å². The first-order valence-electron chi connectivity index (χ1n) is 8.32. The summed E-state index contributed by atoms with van der Waals surface area (Å²) in [5.74, 6) is 2.25. The van der Waals surface area contributed by atoms with Crippen molar-refractivity contribution in [1.29, 1.82) is 0 Å². The van der Waals surface area contributed by atoms with Crippen LogP contribution in [0.4, 0.5) is 0 Å². The van der Waals surface area contributed by atoms with Crippen molar-refractivity contribution in [1.82, 2.24) is 10.6 Å². The van der Waals surface area contributed by atoms with Crippen LogP contribution in [0.5, 0.6) is 0 Å². The molecular formula is C18H29ClN2OS. The van der Waals surface area contributed by atoms with Gasteiger partial charge in [0.25, 0.3) is 0 Å². The molecule has 2 N–H and O–H groups in total. The molecule has 2 atom stereocenters. The third-order valence-electron chi connectivity index (χ3n) is 4.36. The third kappa shape index (κ3) is 7.60. The second kappa shape index (κ2) is 11.0. The highest BCUT2D eigenvalue weighted by molar-refractivity contribution is 7.99. The summed E-state index contributed by atoms with van der Waals surface area (Å²) in [5.41, 5.74) is 1.28. The topological polar surface area (TPSA) is 41.1 Å². The number of benzene rings is 1. The summed E-state index contributed by atoms with van der Waals surface area (Å²) >= 11 is 1.79. The summed E-state index contributed by atoms with van der Waals surface area (Å²) in [6.45, 7) is 7.24. The number of hydrogen-bond acceptors (Lipinski definition) is 3. The molecule has 1 aliphatic rings. The maximum absolute atomic E-state index is 12.0. The number of halogens is 1. The minimum absolute atomic E-state index is 0. The normalized spacial score (nSPS) is 18.8. The number of nitrogens with one attached hydrogen (secondary N) is 2. The minimum Gasteiger partial charge on any atom is -0.355 e. The van der Waals surface area contributed by atoms with Crippen LogP contribution in [0.25, 0.3) is 0 Å². The first-order valence-corrected chi connectivity index (χ1v) is 9.30. The third-order valence-corrected chi connectivity index (χ3v) is 5.37. The molecule has 0 aliphatic carbocycles. The van der Waals surface area contributed by atoms with Gasteiger partial charge in [0, 0.05) is 23.6 Å². The van der Waals surface area contributed by atoms with Crippen LogP contribution in [0.1, 0.15) is 31.7 Å². The Morgan fingerprint density at radius 2 is 2.13 bits per heavy atom. The van der Waals surface area contributed by atoms with Crippen molar-refractivity contribution in [3.8, 4) is 0 Å². The molecule has 1 aromatic rings. The van der Waals surface area contributed by atoms with E-state index in [1.165, 1.54) is 23.3 Å². The molecule has 2 unspecified atom stereocenters. The van der Waals surface area contributed by atoms with Crippen molar-refractivity contribution in [3.05, 3.63) is 29.8 Å². The fraction of sp³-hybridized carbons (Fsp3) is 0.611. The Hall–Kier alpha value is -0.710. The van der Waals surface area contributed by atoms with E-state index < -0.39 is 0 Å². The van der Waals surface area contributed by atoms with Gasteiger partial charge >= 0.3 is 0 Å². The van der Waals surface area contributed by atoms with E-state index in [-0.39, 0.29) is 18.3 Å². The van der Waals surface area contributed by atoms with Crippen LogP contribution in [0.3, 0.4) is 0 Å². The highest BCUT2D eigenvalue weighted by Gasteiger charge is 2.21. The molecule has 23 heavy (non-hydrogen) atoms. The van der Waals surface area contributed by atoms with Gasteiger partial charge in [-0.25, -0.2) is 0 Å². The summed E-state index contributed by atoms with van der Waals surface area (Å²) in [6, 6.07) is 8.53. The van der Waals surface area contributed by atoms with Crippen LogP contribution < -0.4 is 10.6 Å². The first kappa shape index (κ1) is 20.3. The van der Waals surface area contributed by atoms with Crippen molar-refractivity contribution in [2.75, 3.05) is 25.4 Å². The molecule has 0 saturated carbocycles. The standard InChI is InChI=1S/C18H28N2OS.ClH/c1-14-5-7-17(8-6-14)22-11-10-20-18(21)12-15(2)16-4-3-9-19-13-16;/h5-8,15-16,19H,3-4,9-13H2,1-2H3,(H,20,21);1H. The molecule has 1 fully saturated rings. The van der Waals surface area contributed by atoms with E-state index in [4.69, 9.17) is 0 Å². The van der Waals surface area contributed by atoms with Crippen molar-refractivity contribution in [2.45, 2.75) is 38.0 Å². The second-order valence-electron chi connectivity index (χ2n) is 6.30. The predicted molar refractivity (Wildman–Crippen MR) is 102 cm³/mol. The maximum Gasteiger partial charge on any atom is 0.220 e. The van der Waals surface area contributed by atoms with Crippen LogP contribution >= 0.6 is 24.2 Å². The summed E-state index contributed by atoms with van der Waals surface area (Å²) in [4.78, 5) is 13.3. The molecule has 0 bridgehead atoms.